The molecule has 0 aliphatic heterocycles. The van der Waals surface area contributed by atoms with Crippen LogP contribution in [0.5, 0.6) is 11.5 Å². The number of ether oxygens (including phenoxy) is 1. The summed E-state index contributed by atoms with van der Waals surface area (Å²) in [6.45, 7) is 4.05. The van der Waals surface area contributed by atoms with Crippen molar-refractivity contribution in [2.45, 2.75) is 13.8 Å². The molecule has 8 aromatic rings. The molecule has 8 rings (SSSR count). The van der Waals surface area contributed by atoms with E-state index in [0.29, 0.717) is 0 Å². The first-order valence-corrected chi connectivity index (χ1v) is 23.9. The molecule has 0 amide bonds. The smallest absolute Gasteiger partial charge is 0.449 e. The maximum Gasteiger partial charge on any atom is 1.00 e. The number of benzene rings is 6. The average molecular weight is 933 g/mol. The molecule has 0 radical (unpaired) electrons. The maximum atomic E-state index is 9.87. The van der Waals surface area contributed by atoms with Gasteiger partial charge < -0.3 is 4.74 Å². The van der Waals surface area contributed by atoms with E-state index in [-0.39, 0.29) is 17.1 Å². The molecule has 0 spiro atoms. The summed E-state index contributed by atoms with van der Waals surface area (Å²) in [7, 11) is -13.2. The molecule has 2 heterocycles. The Bertz CT molecular complexity index is 2320. The minimum Gasteiger partial charge on any atom is -0.449 e. The molecule has 0 unspecified atom stereocenters. The van der Waals surface area contributed by atoms with E-state index in [1.165, 1.54) is 43.0 Å². The van der Waals surface area contributed by atoms with Crippen molar-refractivity contribution in [1.82, 2.24) is 9.97 Å². The Morgan fingerprint density at radius 3 is 0.902 bits per heavy atom. The van der Waals surface area contributed by atoms with Gasteiger partial charge in [-0.2, -0.15) is 0 Å². The third-order valence-corrected chi connectivity index (χ3v) is 14.4. The monoisotopic (exact) mass is 932 g/mol. The number of rotatable bonds is 9. The number of aryl methyl sites for hydroxylation is 2. The number of hydrogen-bond donors (Lipinski definition) is 0. The van der Waals surface area contributed by atoms with E-state index >= 15 is 0 Å². The molecule has 0 saturated carbocycles. The quantitative estimate of drug-likeness (QED) is 0.0822. The van der Waals surface area contributed by atoms with Gasteiger partial charge in [-0.3, -0.25) is 9.97 Å². The van der Waals surface area contributed by atoms with Crippen LogP contribution in [0.3, 0.4) is 0 Å². The van der Waals surface area contributed by atoms with Gasteiger partial charge in [0.2, 0.25) is 0 Å². The third kappa shape index (κ3) is 15.0. The SMILES string of the molecule is Cc1ccc(-c2ccc(C)cn2)nc1.F[P-](F)(F)(F)(F)F.[Cu+].c1ccc([PH+](c2ccccc2)c2ccccc2Oc2ccccc2[PH+](c2ccccc2)c2ccccc2)cc1. The molecular weight excluding hydrogens is 891 g/mol. The summed E-state index contributed by atoms with van der Waals surface area (Å²) in [5, 5.41) is 7.88. The van der Waals surface area contributed by atoms with Gasteiger partial charge in [-0.1, -0.05) is 109 Å². The van der Waals surface area contributed by atoms with Gasteiger partial charge in [0.1, 0.15) is 47.7 Å². The van der Waals surface area contributed by atoms with Crippen molar-refractivity contribution in [3.8, 4) is 22.9 Å². The molecule has 0 atom stereocenters. The third-order valence-electron chi connectivity index (χ3n) is 8.87. The summed E-state index contributed by atoms with van der Waals surface area (Å²) in [6.07, 6.45) is 3.72. The molecule has 0 N–H and O–H groups in total. The van der Waals surface area contributed by atoms with E-state index in [0.717, 1.165) is 22.9 Å². The Kier molecular flexibility index (Phi) is 15.5. The summed E-state index contributed by atoms with van der Waals surface area (Å²) in [5.41, 5.74) is 4.19. The van der Waals surface area contributed by atoms with E-state index in [9.17, 15) is 25.2 Å². The molecule has 0 aliphatic rings. The minimum atomic E-state index is -10.7. The second kappa shape index (κ2) is 20.1. The molecule has 0 bridgehead atoms. The van der Waals surface area contributed by atoms with Crippen molar-refractivity contribution >= 4 is 55.5 Å². The van der Waals surface area contributed by atoms with Gasteiger partial charge in [0.05, 0.1) is 11.4 Å². The molecule has 13 heteroatoms. The Morgan fingerprint density at radius 2 is 0.639 bits per heavy atom. The first-order chi connectivity index (χ1) is 28.6. The molecule has 0 saturated heterocycles. The summed E-state index contributed by atoms with van der Waals surface area (Å²) in [6, 6.07) is 68.6. The van der Waals surface area contributed by atoms with Gasteiger partial charge >= 0.3 is 50.1 Å². The van der Waals surface area contributed by atoms with Gasteiger partial charge in [-0.05, 0) is 110 Å². The number of nitrogens with zero attached hydrogens (tertiary/aromatic N) is 2. The fraction of sp³-hybridized carbons (Fsp3) is 0.0417. The van der Waals surface area contributed by atoms with Crippen molar-refractivity contribution in [3.63, 3.8) is 0 Å². The normalized spacial score (nSPS) is 12.0. The molecule has 2 aromatic heterocycles. The van der Waals surface area contributed by atoms with Crippen molar-refractivity contribution in [2.24, 2.45) is 0 Å². The Hall–Kier alpha value is -5.19. The first-order valence-electron chi connectivity index (χ1n) is 18.8. The fourth-order valence-electron chi connectivity index (χ4n) is 6.26. The number of para-hydroxylation sites is 2. The molecular formula is C48H42CuF6N2OP3+2. The molecule has 61 heavy (non-hydrogen) atoms. The van der Waals surface area contributed by atoms with Crippen LogP contribution >= 0.6 is 23.7 Å². The van der Waals surface area contributed by atoms with Crippen LogP contribution in [-0.4, -0.2) is 9.97 Å². The van der Waals surface area contributed by atoms with E-state index in [4.69, 9.17) is 4.74 Å². The standard InChI is InChI=1S/C36H28OP2.C12H12N2.Cu.F6P/c1-5-17-29(18-6-1)38(30-19-7-2-8-20-30)35-27-15-13-25-33(35)37-34-26-14-16-28-36(34)39(31-21-9-3-10-22-31)32-23-11-4-12-24-32;1-9-3-5-11(13-7-9)12-6-4-10(2)8-14-12;;1-7(2,3,4,5)6/h1-28H;3-8H,1-2H3;;/q;;+1;-1/p+2. The van der Waals surface area contributed by atoms with Crippen LogP contribution in [0.1, 0.15) is 11.1 Å². The van der Waals surface area contributed by atoms with Crippen LogP contribution in [0.4, 0.5) is 25.2 Å². The predicted molar refractivity (Wildman–Crippen MR) is 244 cm³/mol. The average Bonchev–Trinajstić information content (AvgIpc) is 3.24. The summed E-state index contributed by atoms with van der Waals surface area (Å²) in [5.74, 6) is 1.85. The van der Waals surface area contributed by atoms with Gasteiger partial charge in [0.25, 0.3) is 0 Å². The first kappa shape index (κ1) is 46.9. The summed E-state index contributed by atoms with van der Waals surface area (Å²) < 4.78 is 66.1. The van der Waals surface area contributed by atoms with Gasteiger partial charge in [0, 0.05) is 12.4 Å². The molecule has 3 nitrogen and oxygen atoms in total. The topological polar surface area (TPSA) is 35.0 Å². The van der Waals surface area contributed by atoms with E-state index in [1.807, 2.05) is 50.5 Å². The second-order valence-corrected chi connectivity index (χ2v) is 20.5. The number of halogens is 6. The molecule has 6 aromatic carbocycles. The predicted octanol–water partition coefficient (Wildman–Crippen LogP) is 12.6. The van der Waals surface area contributed by atoms with Crippen molar-refractivity contribution in [2.75, 3.05) is 0 Å². The number of hydrogen-bond acceptors (Lipinski definition) is 3. The second-order valence-electron chi connectivity index (χ2n) is 13.7. The Morgan fingerprint density at radius 1 is 0.377 bits per heavy atom. The van der Waals surface area contributed by atoms with E-state index in [1.54, 1.807) is 0 Å². The maximum absolute atomic E-state index is 10.7. The summed E-state index contributed by atoms with van der Waals surface area (Å²) >= 11 is 0. The van der Waals surface area contributed by atoms with Crippen LogP contribution in [0.25, 0.3) is 11.4 Å². The molecule has 316 valence electrons. The van der Waals surface area contributed by atoms with Crippen LogP contribution in [-0.2, 0) is 17.1 Å². The Labute approximate surface area is 365 Å². The van der Waals surface area contributed by atoms with Gasteiger partial charge in [-0.25, -0.2) is 0 Å². The van der Waals surface area contributed by atoms with E-state index < -0.39 is 23.7 Å². The van der Waals surface area contributed by atoms with Crippen molar-refractivity contribution < 1.29 is 47.0 Å². The largest absolute Gasteiger partial charge is 1.00 e. The zero-order valence-electron chi connectivity index (χ0n) is 32.9. The number of aromatic nitrogens is 2. The minimum absolute atomic E-state index is 0. The van der Waals surface area contributed by atoms with E-state index in [2.05, 4.69) is 180 Å². The van der Waals surface area contributed by atoms with Crippen LogP contribution in [0, 0.1) is 13.8 Å². The van der Waals surface area contributed by atoms with Crippen LogP contribution in [0.15, 0.2) is 207 Å². The van der Waals surface area contributed by atoms with Crippen LogP contribution < -0.4 is 36.6 Å². The fourth-order valence-corrected chi connectivity index (χ4v) is 11.6. The zero-order valence-corrected chi connectivity index (χ0v) is 36.8. The summed E-state index contributed by atoms with van der Waals surface area (Å²) in [4.78, 5) is 8.63. The van der Waals surface area contributed by atoms with Crippen LogP contribution in [0.2, 0.25) is 0 Å². The van der Waals surface area contributed by atoms with Gasteiger partial charge in [-0.15, -0.1) is 0 Å². The van der Waals surface area contributed by atoms with Crippen molar-refractivity contribution in [3.05, 3.63) is 218 Å². The van der Waals surface area contributed by atoms with Gasteiger partial charge in [0.15, 0.2) is 11.5 Å². The Balaban J connectivity index is 0.000000263. The zero-order chi connectivity index (χ0) is 42.7. The molecule has 0 fully saturated rings. The van der Waals surface area contributed by atoms with Crippen molar-refractivity contribution in [1.29, 1.82) is 0 Å². The number of pyridine rings is 2. The molecule has 0 aliphatic carbocycles.